The lowest BCUT2D eigenvalue weighted by molar-refractivity contribution is -0.123. The molecule has 2 aromatic rings. The van der Waals surface area contributed by atoms with Crippen molar-refractivity contribution in [3.8, 4) is 11.5 Å². The highest BCUT2D eigenvalue weighted by atomic mass is 32.2. The van der Waals surface area contributed by atoms with E-state index in [0.717, 1.165) is 5.56 Å². The van der Waals surface area contributed by atoms with Gasteiger partial charge in [0.1, 0.15) is 0 Å². The zero-order valence-corrected chi connectivity index (χ0v) is 16.2. The van der Waals surface area contributed by atoms with Crippen molar-refractivity contribution in [2.24, 2.45) is 0 Å². The number of carbonyl (C=O) groups is 1. The van der Waals surface area contributed by atoms with Crippen LogP contribution in [0.2, 0.25) is 0 Å². The molecular weight excluding hydrogens is 368 g/mol. The van der Waals surface area contributed by atoms with Crippen LogP contribution in [0.3, 0.4) is 0 Å². The molecule has 0 bridgehead atoms. The molecule has 0 saturated heterocycles. The van der Waals surface area contributed by atoms with E-state index in [1.807, 2.05) is 6.07 Å². The van der Waals surface area contributed by atoms with Gasteiger partial charge in [0.2, 0.25) is 10.0 Å². The van der Waals surface area contributed by atoms with Crippen LogP contribution in [0.1, 0.15) is 12.5 Å². The highest BCUT2D eigenvalue weighted by Gasteiger charge is 2.12. The van der Waals surface area contributed by atoms with Crippen LogP contribution in [0.15, 0.2) is 53.4 Å². The Labute approximate surface area is 159 Å². The first kappa shape index (κ1) is 20.7. The highest BCUT2D eigenvalue weighted by Crippen LogP contribution is 2.25. The van der Waals surface area contributed by atoms with E-state index in [0.29, 0.717) is 31.0 Å². The fraction of sp³-hybridized carbons (Fsp3) is 0.316. The Kier molecular flexibility index (Phi) is 7.63. The molecule has 2 N–H and O–H groups in total. The molecule has 0 unspecified atom stereocenters. The second-order valence-corrected chi connectivity index (χ2v) is 7.45. The minimum absolute atomic E-state index is 0.111. The molecule has 0 atom stereocenters. The summed E-state index contributed by atoms with van der Waals surface area (Å²) in [5, 5.41) is 2.77. The van der Waals surface area contributed by atoms with Gasteiger partial charge in [-0.05, 0) is 36.2 Å². The van der Waals surface area contributed by atoms with Crippen molar-refractivity contribution in [3.63, 3.8) is 0 Å². The third kappa shape index (κ3) is 6.26. The van der Waals surface area contributed by atoms with Crippen molar-refractivity contribution in [2.75, 3.05) is 26.8 Å². The topological polar surface area (TPSA) is 93.7 Å². The van der Waals surface area contributed by atoms with Gasteiger partial charge in [-0.15, -0.1) is 0 Å². The SMILES string of the molecule is CCNS(=O)(=O)c1ccc(CCNC(=O)COc2ccccc2OC)cc1. The summed E-state index contributed by atoms with van der Waals surface area (Å²) in [6.45, 7) is 2.38. The quantitative estimate of drug-likeness (QED) is 0.642. The molecule has 146 valence electrons. The lowest BCUT2D eigenvalue weighted by atomic mass is 10.1. The Balaban J connectivity index is 1.78. The number of rotatable bonds is 10. The average molecular weight is 392 g/mol. The van der Waals surface area contributed by atoms with Crippen LogP contribution >= 0.6 is 0 Å². The zero-order valence-electron chi connectivity index (χ0n) is 15.4. The fourth-order valence-corrected chi connectivity index (χ4v) is 3.43. The number of hydrogen-bond acceptors (Lipinski definition) is 5. The third-order valence-corrected chi connectivity index (χ3v) is 5.29. The van der Waals surface area contributed by atoms with Gasteiger partial charge in [0.05, 0.1) is 12.0 Å². The fourth-order valence-electron chi connectivity index (χ4n) is 2.39. The molecular formula is C19H24N2O5S. The predicted molar refractivity (Wildman–Crippen MR) is 103 cm³/mol. The van der Waals surface area contributed by atoms with Crippen molar-refractivity contribution < 1.29 is 22.7 Å². The van der Waals surface area contributed by atoms with Gasteiger partial charge < -0.3 is 14.8 Å². The lowest BCUT2D eigenvalue weighted by Gasteiger charge is -2.10. The van der Waals surface area contributed by atoms with Gasteiger partial charge in [0, 0.05) is 13.1 Å². The summed E-state index contributed by atoms with van der Waals surface area (Å²) in [5.74, 6) is 0.831. The van der Waals surface area contributed by atoms with Gasteiger partial charge in [0.25, 0.3) is 5.91 Å². The predicted octanol–water partition coefficient (Wildman–Crippen LogP) is 1.73. The monoisotopic (exact) mass is 392 g/mol. The van der Waals surface area contributed by atoms with Crippen molar-refractivity contribution in [1.29, 1.82) is 0 Å². The summed E-state index contributed by atoms with van der Waals surface area (Å²) < 4.78 is 36.8. The Morgan fingerprint density at radius 1 is 1.04 bits per heavy atom. The van der Waals surface area contributed by atoms with E-state index < -0.39 is 10.0 Å². The maximum atomic E-state index is 11.9. The molecule has 0 spiro atoms. The first-order valence-corrected chi connectivity index (χ1v) is 10.1. The van der Waals surface area contributed by atoms with Gasteiger partial charge in [-0.3, -0.25) is 4.79 Å². The number of amides is 1. The summed E-state index contributed by atoms with van der Waals surface area (Å²) in [7, 11) is -1.91. The molecule has 2 rings (SSSR count). The third-order valence-electron chi connectivity index (χ3n) is 3.73. The number of benzene rings is 2. The van der Waals surface area contributed by atoms with Crippen molar-refractivity contribution >= 4 is 15.9 Å². The normalized spacial score (nSPS) is 11.0. The largest absolute Gasteiger partial charge is 0.493 e. The van der Waals surface area contributed by atoms with Crippen molar-refractivity contribution in [2.45, 2.75) is 18.2 Å². The smallest absolute Gasteiger partial charge is 0.257 e. The van der Waals surface area contributed by atoms with E-state index in [4.69, 9.17) is 9.47 Å². The number of nitrogens with one attached hydrogen (secondary N) is 2. The molecule has 0 aliphatic rings. The number of para-hydroxylation sites is 2. The van der Waals surface area contributed by atoms with Gasteiger partial charge in [0.15, 0.2) is 18.1 Å². The summed E-state index contributed by atoms with van der Waals surface area (Å²) in [6.07, 6.45) is 0.585. The first-order chi connectivity index (χ1) is 13.0. The number of methoxy groups -OCH3 is 1. The second-order valence-electron chi connectivity index (χ2n) is 5.68. The molecule has 1 amide bonds. The molecule has 0 aliphatic carbocycles. The Hall–Kier alpha value is -2.58. The first-order valence-electron chi connectivity index (χ1n) is 8.57. The van der Waals surface area contributed by atoms with E-state index in [1.54, 1.807) is 49.4 Å². The molecule has 0 radical (unpaired) electrons. The summed E-state index contributed by atoms with van der Waals surface area (Å²) in [5.41, 5.74) is 0.927. The van der Waals surface area contributed by atoms with E-state index in [1.165, 1.54) is 7.11 Å². The summed E-state index contributed by atoms with van der Waals surface area (Å²) in [4.78, 5) is 12.1. The van der Waals surface area contributed by atoms with Crippen LogP contribution in [0.4, 0.5) is 0 Å². The Morgan fingerprint density at radius 2 is 1.70 bits per heavy atom. The number of ether oxygens (including phenoxy) is 2. The van der Waals surface area contributed by atoms with E-state index in [9.17, 15) is 13.2 Å². The Bertz CT molecular complexity index is 851. The standard InChI is InChI=1S/C19H24N2O5S/c1-3-21-27(23,24)16-10-8-15(9-11-16)12-13-20-19(22)14-26-18-7-5-4-6-17(18)25-2/h4-11,21H,3,12-14H2,1-2H3,(H,20,22). The molecule has 0 heterocycles. The molecule has 8 heteroatoms. The number of carbonyl (C=O) groups excluding carboxylic acids is 1. The second kappa shape index (κ2) is 9.94. The molecule has 0 saturated carbocycles. The summed E-state index contributed by atoms with van der Waals surface area (Å²) >= 11 is 0. The minimum atomic E-state index is -3.45. The molecule has 0 aliphatic heterocycles. The zero-order chi connectivity index (χ0) is 19.7. The van der Waals surface area contributed by atoms with Gasteiger partial charge in [-0.2, -0.15) is 0 Å². The van der Waals surface area contributed by atoms with Gasteiger partial charge in [-0.1, -0.05) is 31.2 Å². The number of hydrogen-bond donors (Lipinski definition) is 2. The van der Waals surface area contributed by atoms with Gasteiger partial charge >= 0.3 is 0 Å². The molecule has 0 aromatic heterocycles. The highest BCUT2D eigenvalue weighted by molar-refractivity contribution is 7.89. The van der Waals surface area contributed by atoms with Crippen LogP contribution in [0.5, 0.6) is 11.5 Å². The van der Waals surface area contributed by atoms with Gasteiger partial charge in [-0.25, -0.2) is 13.1 Å². The van der Waals surface area contributed by atoms with Crippen LogP contribution in [0.25, 0.3) is 0 Å². The van der Waals surface area contributed by atoms with Crippen molar-refractivity contribution in [1.82, 2.24) is 10.0 Å². The maximum absolute atomic E-state index is 11.9. The molecule has 27 heavy (non-hydrogen) atoms. The van der Waals surface area contributed by atoms with Crippen molar-refractivity contribution in [3.05, 3.63) is 54.1 Å². The van der Waals surface area contributed by atoms with Crippen LogP contribution in [-0.2, 0) is 21.2 Å². The van der Waals surface area contributed by atoms with Crippen LogP contribution < -0.4 is 19.5 Å². The summed E-state index contributed by atoms with van der Waals surface area (Å²) in [6, 6.07) is 13.7. The molecule has 7 nitrogen and oxygen atoms in total. The number of sulfonamides is 1. The lowest BCUT2D eigenvalue weighted by Crippen LogP contribution is -2.30. The van der Waals surface area contributed by atoms with Crippen LogP contribution in [-0.4, -0.2) is 41.1 Å². The van der Waals surface area contributed by atoms with E-state index in [-0.39, 0.29) is 17.4 Å². The molecule has 0 fully saturated rings. The average Bonchev–Trinajstić information content (AvgIpc) is 2.67. The maximum Gasteiger partial charge on any atom is 0.257 e. The van der Waals surface area contributed by atoms with E-state index >= 15 is 0 Å². The minimum Gasteiger partial charge on any atom is -0.493 e. The Morgan fingerprint density at radius 3 is 2.33 bits per heavy atom. The van der Waals surface area contributed by atoms with E-state index in [2.05, 4.69) is 10.0 Å². The molecule has 2 aromatic carbocycles. The van der Waals surface area contributed by atoms with Crippen LogP contribution in [0, 0.1) is 0 Å².